The summed E-state index contributed by atoms with van der Waals surface area (Å²) in [5.74, 6) is 0.364. The second kappa shape index (κ2) is 5.80. The Morgan fingerprint density at radius 1 is 1.50 bits per heavy atom. The van der Waals surface area contributed by atoms with Crippen molar-refractivity contribution in [1.29, 1.82) is 0 Å². The number of amides is 1. The van der Waals surface area contributed by atoms with Gasteiger partial charge in [-0.2, -0.15) is 0 Å². The molecule has 8 nitrogen and oxygen atoms in total. The standard InChI is InChI=1S/C10H15N5O3/c1-11-8-5-4-7(15(17)18)10(13-8)12-6-9(16)14(2)3/h4-5H,6H2,1-3H3,(H2,11,12,13). The molecular formula is C10H15N5O3. The topological polar surface area (TPSA) is 100 Å². The van der Waals surface area contributed by atoms with E-state index in [1.54, 1.807) is 21.1 Å². The molecule has 98 valence electrons. The van der Waals surface area contributed by atoms with Gasteiger partial charge in [-0.25, -0.2) is 4.98 Å². The average molecular weight is 253 g/mol. The molecule has 0 aromatic carbocycles. The van der Waals surface area contributed by atoms with Gasteiger partial charge in [-0.3, -0.25) is 14.9 Å². The van der Waals surface area contributed by atoms with Gasteiger partial charge in [-0.1, -0.05) is 0 Å². The Bertz CT molecular complexity index is 461. The van der Waals surface area contributed by atoms with Gasteiger partial charge in [0.2, 0.25) is 11.7 Å². The van der Waals surface area contributed by atoms with E-state index < -0.39 is 4.92 Å². The van der Waals surface area contributed by atoms with Gasteiger partial charge < -0.3 is 15.5 Å². The van der Waals surface area contributed by atoms with Crippen LogP contribution in [-0.4, -0.2) is 48.4 Å². The number of carbonyl (C=O) groups is 1. The Balaban J connectivity index is 2.91. The molecule has 0 aliphatic heterocycles. The molecule has 0 bridgehead atoms. The predicted molar refractivity (Wildman–Crippen MR) is 67.6 cm³/mol. The summed E-state index contributed by atoms with van der Waals surface area (Å²) >= 11 is 0. The smallest absolute Gasteiger partial charge is 0.311 e. The van der Waals surface area contributed by atoms with Crippen LogP contribution < -0.4 is 10.6 Å². The zero-order valence-corrected chi connectivity index (χ0v) is 10.4. The van der Waals surface area contributed by atoms with Crippen molar-refractivity contribution in [2.24, 2.45) is 0 Å². The maximum absolute atomic E-state index is 11.4. The number of likely N-dealkylation sites (N-methyl/N-ethyl adjacent to an activating group) is 1. The third-order valence-corrected chi connectivity index (χ3v) is 2.23. The van der Waals surface area contributed by atoms with E-state index in [2.05, 4.69) is 15.6 Å². The van der Waals surface area contributed by atoms with Crippen LogP contribution in [-0.2, 0) is 4.79 Å². The molecule has 0 spiro atoms. The lowest BCUT2D eigenvalue weighted by Gasteiger charge is -2.11. The molecule has 1 heterocycles. The quantitative estimate of drug-likeness (QED) is 0.586. The number of anilines is 2. The Morgan fingerprint density at radius 3 is 2.67 bits per heavy atom. The first-order valence-electron chi connectivity index (χ1n) is 5.23. The lowest BCUT2D eigenvalue weighted by Crippen LogP contribution is -2.29. The van der Waals surface area contributed by atoms with Crippen molar-refractivity contribution in [1.82, 2.24) is 9.88 Å². The molecule has 0 aliphatic carbocycles. The van der Waals surface area contributed by atoms with Gasteiger partial charge in [-0.15, -0.1) is 0 Å². The van der Waals surface area contributed by atoms with Gasteiger partial charge in [0.1, 0.15) is 5.82 Å². The second-order valence-electron chi connectivity index (χ2n) is 3.71. The number of rotatable bonds is 5. The van der Waals surface area contributed by atoms with Crippen LogP contribution in [0.25, 0.3) is 0 Å². The number of aromatic nitrogens is 1. The molecule has 1 aromatic rings. The largest absolute Gasteiger partial charge is 0.373 e. The molecule has 8 heteroatoms. The van der Waals surface area contributed by atoms with Crippen molar-refractivity contribution >= 4 is 23.2 Å². The number of hydrogen-bond acceptors (Lipinski definition) is 6. The summed E-state index contributed by atoms with van der Waals surface area (Å²) < 4.78 is 0. The number of carbonyl (C=O) groups excluding carboxylic acids is 1. The van der Waals surface area contributed by atoms with Crippen LogP contribution in [0.1, 0.15) is 0 Å². The molecule has 0 radical (unpaired) electrons. The summed E-state index contributed by atoms with van der Waals surface area (Å²) in [5, 5.41) is 16.3. The van der Waals surface area contributed by atoms with E-state index in [1.165, 1.54) is 17.0 Å². The Morgan fingerprint density at radius 2 is 2.17 bits per heavy atom. The lowest BCUT2D eigenvalue weighted by molar-refractivity contribution is -0.384. The van der Waals surface area contributed by atoms with Crippen LogP contribution in [0.2, 0.25) is 0 Å². The zero-order chi connectivity index (χ0) is 13.7. The van der Waals surface area contributed by atoms with E-state index in [-0.39, 0.29) is 24.0 Å². The van der Waals surface area contributed by atoms with Crippen LogP contribution in [0, 0.1) is 10.1 Å². The molecule has 0 unspecified atom stereocenters. The number of nitrogens with one attached hydrogen (secondary N) is 2. The molecule has 0 fully saturated rings. The molecule has 0 aliphatic rings. The number of hydrogen-bond donors (Lipinski definition) is 2. The Labute approximate surface area is 104 Å². The third kappa shape index (κ3) is 3.30. The SMILES string of the molecule is CNc1ccc([N+](=O)[O-])c(NCC(=O)N(C)C)n1. The monoisotopic (exact) mass is 253 g/mol. The van der Waals surface area contributed by atoms with Crippen LogP contribution in [0.4, 0.5) is 17.3 Å². The normalized spacial score (nSPS) is 9.72. The van der Waals surface area contributed by atoms with E-state index in [9.17, 15) is 14.9 Å². The third-order valence-electron chi connectivity index (χ3n) is 2.23. The highest BCUT2D eigenvalue weighted by atomic mass is 16.6. The van der Waals surface area contributed by atoms with Crippen LogP contribution in [0.15, 0.2) is 12.1 Å². The van der Waals surface area contributed by atoms with Gasteiger partial charge in [0.25, 0.3) is 0 Å². The summed E-state index contributed by atoms with van der Waals surface area (Å²) in [4.78, 5) is 27.1. The Kier molecular flexibility index (Phi) is 4.41. The minimum Gasteiger partial charge on any atom is -0.373 e. The van der Waals surface area contributed by atoms with E-state index >= 15 is 0 Å². The summed E-state index contributed by atoms with van der Waals surface area (Å²) in [6.07, 6.45) is 0. The number of nitrogens with zero attached hydrogens (tertiary/aromatic N) is 3. The molecule has 18 heavy (non-hydrogen) atoms. The van der Waals surface area contributed by atoms with Crippen LogP contribution in [0.3, 0.4) is 0 Å². The van der Waals surface area contributed by atoms with E-state index in [0.717, 1.165) is 0 Å². The maximum Gasteiger partial charge on any atom is 0.311 e. The lowest BCUT2D eigenvalue weighted by atomic mass is 10.3. The van der Waals surface area contributed by atoms with Crippen molar-refractivity contribution < 1.29 is 9.72 Å². The molecular weight excluding hydrogens is 238 g/mol. The van der Waals surface area contributed by atoms with Crippen LogP contribution in [0.5, 0.6) is 0 Å². The van der Waals surface area contributed by atoms with E-state index in [1.807, 2.05) is 0 Å². The fourth-order valence-corrected chi connectivity index (χ4v) is 1.19. The molecule has 0 saturated carbocycles. The average Bonchev–Trinajstić information content (AvgIpc) is 2.34. The van der Waals surface area contributed by atoms with Crippen molar-refractivity contribution in [2.75, 3.05) is 38.3 Å². The van der Waals surface area contributed by atoms with Crippen molar-refractivity contribution in [3.05, 3.63) is 22.2 Å². The van der Waals surface area contributed by atoms with Gasteiger partial charge in [0, 0.05) is 27.2 Å². The maximum atomic E-state index is 11.4. The number of nitro groups is 1. The summed E-state index contributed by atoms with van der Waals surface area (Å²) in [5.41, 5.74) is -0.166. The zero-order valence-electron chi connectivity index (χ0n) is 10.4. The summed E-state index contributed by atoms with van der Waals surface area (Å²) in [6.45, 7) is -0.0476. The van der Waals surface area contributed by atoms with Gasteiger partial charge in [0.15, 0.2) is 0 Å². The second-order valence-corrected chi connectivity index (χ2v) is 3.71. The molecule has 1 rings (SSSR count). The van der Waals surface area contributed by atoms with Crippen molar-refractivity contribution in [2.45, 2.75) is 0 Å². The highest BCUT2D eigenvalue weighted by Crippen LogP contribution is 2.23. The van der Waals surface area contributed by atoms with Crippen molar-refractivity contribution in [3.8, 4) is 0 Å². The van der Waals surface area contributed by atoms with Crippen molar-refractivity contribution in [3.63, 3.8) is 0 Å². The predicted octanol–water partition coefficient (Wildman–Crippen LogP) is 0.532. The fraction of sp³-hybridized carbons (Fsp3) is 0.400. The first kappa shape index (κ1) is 13.7. The minimum absolute atomic E-state index is 0.0476. The first-order valence-corrected chi connectivity index (χ1v) is 5.23. The fourth-order valence-electron chi connectivity index (χ4n) is 1.19. The Hall–Kier alpha value is -2.38. The molecule has 0 saturated heterocycles. The molecule has 0 atom stereocenters. The highest BCUT2D eigenvalue weighted by Gasteiger charge is 2.16. The molecule has 2 N–H and O–H groups in total. The minimum atomic E-state index is -0.547. The van der Waals surface area contributed by atoms with E-state index in [0.29, 0.717) is 5.82 Å². The van der Waals surface area contributed by atoms with Gasteiger partial charge in [-0.05, 0) is 6.07 Å². The van der Waals surface area contributed by atoms with Gasteiger partial charge >= 0.3 is 5.69 Å². The first-order chi connectivity index (χ1) is 8.45. The van der Waals surface area contributed by atoms with Gasteiger partial charge in [0.05, 0.1) is 11.5 Å². The van der Waals surface area contributed by atoms with Crippen LogP contribution >= 0.6 is 0 Å². The summed E-state index contributed by atoms with van der Waals surface area (Å²) in [6, 6.07) is 2.83. The number of pyridine rings is 1. The highest BCUT2D eigenvalue weighted by molar-refractivity contribution is 5.80. The van der Waals surface area contributed by atoms with E-state index in [4.69, 9.17) is 0 Å². The molecule has 1 aromatic heterocycles. The molecule has 1 amide bonds. The summed E-state index contributed by atoms with van der Waals surface area (Å²) in [7, 11) is 4.87.